The Morgan fingerprint density at radius 3 is 2.31 bits per heavy atom. The molecule has 2 aromatic rings. The number of nitrogens with one attached hydrogen (secondary N) is 1. The fourth-order valence-electron chi connectivity index (χ4n) is 2.79. The van der Waals surface area contributed by atoms with Crippen LogP contribution < -0.4 is 24.4 Å². The minimum Gasteiger partial charge on any atom is -0.493 e. The van der Waals surface area contributed by atoms with E-state index in [1.807, 2.05) is 0 Å². The van der Waals surface area contributed by atoms with Gasteiger partial charge in [-0.25, -0.2) is 0 Å². The lowest BCUT2D eigenvalue weighted by atomic mass is 10.1. The molecule has 0 saturated heterocycles. The summed E-state index contributed by atoms with van der Waals surface area (Å²) >= 11 is 3.40. The van der Waals surface area contributed by atoms with E-state index >= 15 is 0 Å². The average Bonchev–Trinajstić information content (AvgIpc) is 2.65. The fourth-order valence-corrected chi connectivity index (χ4v) is 3.14. The van der Waals surface area contributed by atoms with Crippen LogP contribution in [-0.4, -0.2) is 39.7 Å². The number of ether oxygens (including phenoxy) is 3. The van der Waals surface area contributed by atoms with Crippen molar-refractivity contribution in [3.05, 3.63) is 40.4 Å². The zero-order valence-corrected chi connectivity index (χ0v) is 16.0. The number of hydrogen-bond donors (Lipinski definition) is 1. The molecule has 1 N–H and O–H groups in total. The number of benzene rings is 2. The summed E-state index contributed by atoms with van der Waals surface area (Å²) in [5.41, 5.74) is 1.50. The van der Waals surface area contributed by atoms with Crippen molar-refractivity contribution in [2.45, 2.75) is 0 Å². The summed E-state index contributed by atoms with van der Waals surface area (Å²) in [6.07, 6.45) is 0. The lowest BCUT2D eigenvalue weighted by molar-refractivity contribution is -0.115. The second kappa shape index (κ2) is 7.25. The Bertz CT molecular complexity index is 859. The Kier molecular flexibility index (Phi) is 5.03. The third-order valence-electron chi connectivity index (χ3n) is 3.98. The maximum Gasteiger partial charge on any atom is 0.259 e. The number of carbonyl (C=O) groups excluding carboxylic acids is 2. The number of fused-ring (bicyclic) bond motifs is 1. The molecule has 136 valence electrons. The van der Waals surface area contributed by atoms with Crippen molar-refractivity contribution in [1.82, 2.24) is 0 Å². The third-order valence-corrected chi connectivity index (χ3v) is 4.48. The van der Waals surface area contributed by atoms with Crippen molar-refractivity contribution in [1.29, 1.82) is 0 Å². The molecule has 0 spiro atoms. The molecule has 1 heterocycles. The molecule has 8 heteroatoms. The monoisotopic (exact) mass is 420 g/mol. The Hall–Kier alpha value is -2.74. The topological polar surface area (TPSA) is 77.1 Å². The molecule has 26 heavy (non-hydrogen) atoms. The van der Waals surface area contributed by atoms with Gasteiger partial charge in [0.15, 0.2) is 11.5 Å². The van der Waals surface area contributed by atoms with Gasteiger partial charge in [-0.3, -0.25) is 14.5 Å². The molecule has 0 fully saturated rings. The summed E-state index contributed by atoms with van der Waals surface area (Å²) in [7, 11) is 4.45. The van der Waals surface area contributed by atoms with Crippen molar-refractivity contribution >= 4 is 39.1 Å². The summed E-state index contributed by atoms with van der Waals surface area (Å²) in [4.78, 5) is 26.6. The fraction of sp³-hybridized carbons (Fsp3) is 0.222. The van der Waals surface area contributed by atoms with E-state index in [2.05, 4.69) is 21.2 Å². The molecule has 3 rings (SSSR count). The van der Waals surface area contributed by atoms with Crippen LogP contribution in [0, 0.1) is 0 Å². The molecule has 0 saturated carbocycles. The first kappa shape index (κ1) is 18.1. The van der Waals surface area contributed by atoms with Gasteiger partial charge < -0.3 is 19.5 Å². The highest BCUT2D eigenvalue weighted by Crippen LogP contribution is 2.39. The van der Waals surface area contributed by atoms with Gasteiger partial charge >= 0.3 is 0 Å². The van der Waals surface area contributed by atoms with Gasteiger partial charge in [0.2, 0.25) is 11.7 Å². The third kappa shape index (κ3) is 3.20. The van der Waals surface area contributed by atoms with Crippen LogP contribution in [0.5, 0.6) is 17.2 Å². The molecule has 0 atom stereocenters. The summed E-state index contributed by atoms with van der Waals surface area (Å²) < 4.78 is 16.7. The molecule has 1 aliphatic heterocycles. The largest absolute Gasteiger partial charge is 0.493 e. The van der Waals surface area contributed by atoms with E-state index < -0.39 is 0 Å². The van der Waals surface area contributed by atoms with Crippen LogP contribution in [-0.2, 0) is 4.79 Å². The van der Waals surface area contributed by atoms with E-state index in [1.165, 1.54) is 26.2 Å². The van der Waals surface area contributed by atoms with Crippen LogP contribution in [0.15, 0.2) is 34.8 Å². The molecule has 2 aromatic carbocycles. The molecule has 0 bridgehead atoms. The van der Waals surface area contributed by atoms with Crippen LogP contribution in [0.25, 0.3) is 0 Å². The van der Waals surface area contributed by atoms with E-state index in [0.29, 0.717) is 34.2 Å². The second-order valence-corrected chi connectivity index (χ2v) is 6.43. The number of amides is 2. The van der Waals surface area contributed by atoms with Gasteiger partial charge in [-0.05, 0) is 30.3 Å². The lowest BCUT2D eigenvalue weighted by Gasteiger charge is -2.29. The summed E-state index contributed by atoms with van der Waals surface area (Å²) in [5, 5.41) is 2.76. The number of methoxy groups -OCH3 is 3. The van der Waals surface area contributed by atoms with Gasteiger partial charge in [0.25, 0.3) is 5.91 Å². The van der Waals surface area contributed by atoms with E-state index in [1.54, 1.807) is 30.3 Å². The van der Waals surface area contributed by atoms with E-state index in [0.717, 1.165) is 4.47 Å². The molecule has 1 aliphatic rings. The smallest absolute Gasteiger partial charge is 0.259 e. The Morgan fingerprint density at radius 1 is 1.08 bits per heavy atom. The van der Waals surface area contributed by atoms with Crippen LogP contribution >= 0.6 is 15.9 Å². The Labute approximate surface area is 159 Å². The number of carbonyl (C=O) groups is 2. The molecule has 0 aliphatic carbocycles. The molecule has 2 amide bonds. The number of hydrogen-bond acceptors (Lipinski definition) is 5. The number of anilines is 2. The quantitative estimate of drug-likeness (QED) is 0.821. The zero-order valence-electron chi connectivity index (χ0n) is 14.5. The lowest BCUT2D eigenvalue weighted by Crippen LogP contribution is -2.42. The SMILES string of the molecule is COc1cc(C(=O)N2CC(=O)Nc3ccc(Br)cc32)cc(OC)c1OC. The molecular formula is C18H17BrN2O5. The molecule has 0 aromatic heterocycles. The first-order chi connectivity index (χ1) is 12.5. The number of nitrogens with zero attached hydrogens (tertiary/aromatic N) is 1. The first-order valence-corrected chi connectivity index (χ1v) is 8.49. The second-order valence-electron chi connectivity index (χ2n) is 5.51. The van der Waals surface area contributed by atoms with Crippen molar-refractivity contribution in [3.63, 3.8) is 0 Å². The van der Waals surface area contributed by atoms with Crippen molar-refractivity contribution in [2.75, 3.05) is 38.1 Å². The van der Waals surface area contributed by atoms with Gasteiger partial charge in [0, 0.05) is 10.0 Å². The highest BCUT2D eigenvalue weighted by Gasteiger charge is 2.29. The molecule has 0 radical (unpaired) electrons. The van der Waals surface area contributed by atoms with E-state index in [4.69, 9.17) is 14.2 Å². The first-order valence-electron chi connectivity index (χ1n) is 7.69. The molecule has 7 nitrogen and oxygen atoms in total. The summed E-state index contributed by atoms with van der Waals surface area (Å²) in [6, 6.07) is 8.45. The molecule has 0 unspecified atom stereocenters. The maximum absolute atomic E-state index is 13.1. The van der Waals surface area contributed by atoms with Gasteiger partial charge in [-0.2, -0.15) is 0 Å². The highest BCUT2D eigenvalue weighted by atomic mass is 79.9. The van der Waals surface area contributed by atoms with Crippen molar-refractivity contribution < 1.29 is 23.8 Å². The van der Waals surface area contributed by atoms with Crippen LogP contribution in [0.2, 0.25) is 0 Å². The van der Waals surface area contributed by atoms with Crippen LogP contribution in [0.4, 0.5) is 11.4 Å². The van der Waals surface area contributed by atoms with Crippen molar-refractivity contribution in [3.8, 4) is 17.2 Å². The summed E-state index contributed by atoms with van der Waals surface area (Å²) in [6.45, 7) is -0.0844. The predicted octanol–water partition coefficient (Wildman–Crippen LogP) is 3.07. The summed E-state index contributed by atoms with van der Waals surface area (Å²) in [5.74, 6) is 0.516. The molecular weight excluding hydrogens is 404 g/mol. The Morgan fingerprint density at radius 2 is 1.73 bits per heavy atom. The van der Waals surface area contributed by atoms with Gasteiger partial charge in [0.05, 0.1) is 32.7 Å². The van der Waals surface area contributed by atoms with Gasteiger partial charge in [-0.1, -0.05) is 15.9 Å². The number of rotatable bonds is 4. The van der Waals surface area contributed by atoms with E-state index in [-0.39, 0.29) is 18.4 Å². The van der Waals surface area contributed by atoms with Crippen LogP contribution in [0.1, 0.15) is 10.4 Å². The van der Waals surface area contributed by atoms with Crippen molar-refractivity contribution in [2.24, 2.45) is 0 Å². The van der Waals surface area contributed by atoms with Gasteiger partial charge in [-0.15, -0.1) is 0 Å². The van der Waals surface area contributed by atoms with E-state index in [9.17, 15) is 9.59 Å². The van der Waals surface area contributed by atoms with Crippen LogP contribution in [0.3, 0.4) is 0 Å². The Balaban J connectivity index is 2.08. The minimum absolute atomic E-state index is 0.0844. The van der Waals surface area contributed by atoms with Gasteiger partial charge in [0.1, 0.15) is 6.54 Å². The standard InChI is InChI=1S/C18H17BrN2O5/c1-24-14-6-10(7-15(25-2)17(14)26-3)18(23)21-9-16(22)20-12-5-4-11(19)8-13(12)21/h4-8H,9H2,1-3H3,(H,20,22). The highest BCUT2D eigenvalue weighted by molar-refractivity contribution is 9.10. The minimum atomic E-state index is -0.349. The maximum atomic E-state index is 13.1. The normalized spacial score (nSPS) is 12.9. The number of halogens is 1. The zero-order chi connectivity index (χ0) is 18.8. The predicted molar refractivity (Wildman–Crippen MR) is 101 cm³/mol. The average molecular weight is 421 g/mol.